The summed E-state index contributed by atoms with van der Waals surface area (Å²) in [5, 5.41) is 0. The third kappa shape index (κ3) is 2.71. The van der Waals surface area contributed by atoms with Crippen LogP contribution in [-0.4, -0.2) is 21.2 Å². The van der Waals surface area contributed by atoms with E-state index in [9.17, 15) is 9.59 Å². The highest BCUT2D eigenvalue weighted by atomic mass is 35.5. The molecule has 0 saturated carbocycles. The monoisotopic (exact) mass is 280 g/mol. The second kappa shape index (κ2) is 5.22. The Hall–Kier alpha value is -0.820. The van der Waals surface area contributed by atoms with Crippen molar-refractivity contribution in [2.75, 3.05) is 0 Å². The maximum absolute atomic E-state index is 11.5. The summed E-state index contributed by atoms with van der Waals surface area (Å²) < 4.78 is 11.3. The molecule has 0 radical (unpaired) electrons. The van der Waals surface area contributed by atoms with Gasteiger partial charge in [-0.3, -0.25) is 18.6 Å². The first kappa shape index (κ1) is 12.6. The zero-order valence-electron chi connectivity index (χ0n) is 8.64. The van der Waals surface area contributed by atoms with Gasteiger partial charge in [-0.1, -0.05) is 11.6 Å². The molecule has 1 unspecified atom stereocenters. The van der Waals surface area contributed by atoms with Crippen LogP contribution >= 0.6 is 23.5 Å². The lowest BCUT2D eigenvalue weighted by molar-refractivity contribution is -0.0291. The Balaban J connectivity index is 2.15. The van der Waals surface area contributed by atoms with Crippen LogP contribution in [0.3, 0.4) is 0 Å². The molecule has 1 aromatic heterocycles. The predicted molar refractivity (Wildman–Crippen MR) is 61.0 cm³/mol. The molecule has 6 nitrogen and oxygen atoms in total. The van der Waals surface area contributed by atoms with Crippen molar-refractivity contribution in [3.8, 4) is 0 Å². The van der Waals surface area contributed by atoms with E-state index >= 15 is 0 Å². The first-order valence-corrected chi connectivity index (χ1v) is 5.74. The van der Waals surface area contributed by atoms with E-state index in [4.69, 9.17) is 28.2 Å². The van der Waals surface area contributed by atoms with Crippen molar-refractivity contribution in [1.82, 2.24) is 9.55 Å². The van der Waals surface area contributed by atoms with Gasteiger partial charge in [-0.2, -0.15) is 0 Å². The molecule has 17 heavy (non-hydrogen) atoms. The van der Waals surface area contributed by atoms with Gasteiger partial charge in [-0.15, -0.1) is 0 Å². The molecule has 0 aliphatic carbocycles. The van der Waals surface area contributed by atoms with Crippen molar-refractivity contribution in [1.29, 1.82) is 0 Å². The van der Waals surface area contributed by atoms with E-state index in [1.807, 2.05) is 0 Å². The number of H-pyrrole nitrogens is 1. The summed E-state index contributed by atoms with van der Waals surface area (Å²) in [5.41, 5.74) is -1.72. The summed E-state index contributed by atoms with van der Waals surface area (Å²) in [4.78, 5) is 24.6. The van der Waals surface area contributed by atoms with E-state index < -0.39 is 23.0 Å². The maximum atomic E-state index is 11.5. The number of nitrogens with one attached hydrogen (secondary N) is 1. The molecule has 1 aliphatic heterocycles. The zero-order valence-corrected chi connectivity index (χ0v) is 10.1. The number of alkyl halides is 1. The third-order valence-electron chi connectivity index (χ3n) is 2.57. The molecule has 1 saturated heterocycles. The molecule has 3 atom stereocenters. The quantitative estimate of drug-likeness (QED) is 0.837. The second-order valence-corrected chi connectivity index (χ2v) is 4.27. The van der Waals surface area contributed by atoms with Gasteiger partial charge in [0.2, 0.25) is 0 Å². The predicted octanol–water partition coefficient (Wildman–Crippen LogP) is 0.950. The normalized spacial score (nSPS) is 26.0. The molecule has 1 N–H and O–H groups in total. The summed E-state index contributed by atoms with van der Waals surface area (Å²) in [7, 11) is 0. The molecular weight excluding hydrogens is 271 g/mol. The zero-order chi connectivity index (χ0) is 12.4. The number of aromatic amines is 1. The first-order chi connectivity index (χ1) is 8.11. The number of nitrogens with zero attached hydrogens (tertiary/aromatic N) is 1. The average Bonchev–Trinajstić information content (AvgIpc) is 2.77. The molecule has 1 aromatic rings. The number of hydrogen-bond donors (Lipinski definition) is 1. The van der Waals surface area contributed by atoms with E-state index in [2.05, 4.69) is 9.27 Å². The lowest BCUT2D eigenvalue weighted by Gasteiger charge is -2.17. The van der Waals surface area contributed by atoms with Gasteiger partial charge in [0, 0.05) is 12.3 Å². The Morgan fingerprint density at radius 1 is 1.53 bits per heavy atom. The van der Waals surface area contributed by atoms with Crippen LogP contribution in [0.25, 0.3) is 0 Å². The topological polar surface area (TPSA) is 73.3 Å². The van der Waals surface area contributed by atoms with Crippen LogP contribution in [0.2, 0.25) is 0 Å². The highest BCUT2D eigenvalue weighted by Crippen LogP contribution is 2.31. The minimum Gasteiger partial charge on any atom is -0.351 e. The minimum absolute atomic E-state index is 0.377. The number of hydrogen-bond acceptors (Lipinski definition) is 4. The van der Waals surface area contributed by atoms with E-state index in [1.165, 1.54) is 16.8 Å². The molecule has 0 amide bonds. The van der Waals surface area contributed by atoms with E-state index in [0.29, 0.717) is 12.8 Å². The number of ether oxygens (including phenoxy) is 1. The van der Waals surface area contributed by atoms with Crippen LogP contribution in [0, 0.1) is 0 Å². The summed E-state index contributed by atoms with van der Waals surface area (Å²) in [6.45, 7) is 0. The van der Waals surface area contributed by atoms with Gasteiger partial charge in [0.15, 0.2) is 5.56 Å². The minimum atomic E-state index is -0.764. The molecule has 2 rings (SSSR count). The van der Waals surface area contributed by atoms with Crippen LogP contribution in [0.4, 0.5) is 0 Å². The number of rotatable bonds is 3. The van der Waals surface area contributed by atoms with Gasteiger partial charge >= 0.3 is 5.69 Å². The molecule has 8 heteroatoms. The van der Waals surface area contributed by atoms with Gasteiger partial charge < -0.3 is 4.74 Å². The van der Waals surface area contributed by atoms with Crippen molar-refractivity contribution in [3.63, 3.8) is 0 Å². The molecule has 94 valence electrons. The van der Waals surface area contributed by atoms with Crippen LogP contribution < -0.4 is 11.2 Å². The number of halogens is 2. The van der Waals surface area contributed by atoms with Gasteiger partial charge in [-0.05, 0) is 12.8 Å². The molecule has 2 heterocycles. The lowest BCUT2D eigenvalue weighted by Crippen LogP contribution is -2.32. The summed E-state index contributed by atoms with van der Waals surface area (Å²) in [6.07, 6.45) is 1.77. The largest absolute Gasteiger partial charge is 0.351 e. The fourth-order valence-electron chi connectivity index (χ4n) is 1.75. The Morgan fingerprint density at radius 3 is 2.94 bits per heavy atom. The standard InChI is InChI=1S/C9H10Cl2N2O4/c10-8(17-11)5-1-2-7(16-5)13-4-3-6(14)12-9(13)15/h3-5,7-8H,1-2H2,(H,12,14,15)/t5-,7+,8?/m0/s1. The highest BCUT2D eigenvalue weighted by Gasteiger charge is 2.32. The number of aromatic nitrogens is 2. The fraction of sp³-hybridized carbons (Fsp3) is 0.556. The molecule has 0 bridgehead atoms. The van der Waals surface area contributed by atoms with Crippen molar-refractivity contribution in [2.45, 2.75) is 30.7 Å². The summed E-state index contributed by atoms with van der Waals surface area (Å²) in [5.74, 6) is 0. The molecule has 1 fully saturated rings. The van der Waals surface area contributed by atoms with E-state index in [0.717, 1.165) is 0 Å². The van der Waals surface area contributed by atoms with Crippen LogP contribution in [0.5, 0.6) is 0 Å². The Morgan fingerprint density at radius 2 is 2.29 bits per heavy atom. The van der Waals surface area contributed by atoms with E-state index in [1.54, 1.807) is 0 Å². The molecule has 0 spiro atoms. The molecule has 1 aliphatic rings. The Bertz CT molecular complexity index is 500. The SMILES string of the molecule is O=c1ccn([C@H]2CC[C@@H](C(Cl)OCl)O2)c(=O)[nH]1. The first-order valence-electron chi connectivity index (χ1n) is 5.00. The van der Waals surface area contributed by atoms with Crippen molar-refractivity contribution in [2.24, 2.45) is 0 Å². The van der Waals surface area contributed by atoms with Gasteiger partial charge in [0.05, 0.1) is 11.9 Å². The van der Waals surface area contributed by atoms with Crippen LogP contribution in [0.1, 0.15) is 19.1 Å². The van der Waals surface area contributed by atoms with Gasteiger partial charge in [0.1, 0.15) is 12.3 Å². The maximum Gasteiger partial charge on any atom is 0.330 e. The van der Waals surface area contributed by atoms with Crippen molar-refractivity contribution < 1.29 is 9.03 Å². The van der Waals surface area contributed by atoms with E-state index in [-0.39, 0.29) is 6.10 Å². The van der Waals surface area contributed by atoms with Gasteiger partial charge in [0.25, 0.3) is 5.56 Å². The van der Waals surface area contributed by atoms with Crippen LogP contribution in [-0.2, 0) is 9.03 Å². The van der Waals surface area contributed by atoms with Crippen molar-refractivity contribution >= 4 is 23.5 Å². The van der Waals surface area contributed by atoms with Crippen LogP contribution in [0.15, 0.2) is 21.9 Å². The van der Waals surface area contributed by atoms with Crippen molar-refractivity contribution in [3.05, 3.63) is 33.1 Å². The average molecular weight is 281 g/mol. The lowest BCUT2D eigenvalue weighted by atomic mass is 10.2. The summed E-state index contributed by atoms with van der Waals surface area (Å²) >= 11 is 10.9. The third-order valence-corrected chi connectivity index (χ3v) is 3.22. The Labute approximate surface area is 106 Å². The molecular formula is C9H10Cl2N2O4. The molecule has 0 aromatic carbocycles. The second-order valence-electron chi connectivity index (χ2n) is 3.66. The highest BCUT2D eigenvalue weighted by molar-refractivity contribution is 6.22. The van der Waals surface area contributed by atoms with Gasteiger partial charge in [-0.25, -0.2) is 4.79 Å². The smallest absolute Gasteiger partial charge is 0.330 e. The Kier molecular flexibility index (Phi) is 3.88. The fourth-order valence-corrected chi connectivity index (χ4v) is 2.05. The summed E-state index contributed by atoms with van der Waals surface area (Å²) in [6, 6.07) is 1.26.